The molecular weight excluding hydrogens is 234 g/mol. The van der Waals surface area contributed by atoms with E-state index >= 15 is 0 Å². The van der Waals surface area contributed by atoms with E-state index in [2.05, 4.69) is 22.2 Å². The van der Waals surface area contributed by atoms with Gasteiger partial charge >= 0.3 is 0 Å². The Kier molecular flexibility index (Phi) is 3.42. The van der Waals surface area contributed by atoms with Crippen molar-refractivity contribution in [3.63, 3.8) is 0 Å². The molecule has 0 aromatic carbocycles. The number of nitrogens with one attached hydrogen (secondary N) is 1. The maximum atomic E-state index is 5.25. The normalized spacial score (nSPS) is 11.0. The molecule has 6 heteroatoms. The van der Waals surface area contributed by atoms with Crippen LogP contribution in [0.15, 0.2) is 6.20 Å². The van der Waals surface area contributed by atoms with Gasteiger partial charge < -0.3 is 0 Å². The summed E-state index contributed by atoms with van der Waals surface area (Å²) in [6.45, 7) is 4.89. The number of hydrogen-bond acceptors (Lipinski definition) is 3. The van der Waals surface area contributed by atoms with Gasteiger partial charge in [0, 0.05) is 25.2 Å². The standard InChI is InChI=1S/C11H17N5S/c1-4-5-10-12-13-11(17)16(10)7-9-6-15(3)14-8(9)2/h6H,4-5,7H2,1-3H3,(H,13,17). The summed E-state index contributed by atoms with van der Waals surface area (Å²) in [5.41, 5.74) is 2.22. The maximum Gasteiger partial charge on any atom is 0.195 e. The monoisotopic (exact) mass is 251 g/mol. The van der Waals surface area contributed by atoms with Crippen molar-refractivity contribution >= 4 is 12.2 Å². The zero-order valence-corrected chi connectivity index (χ0v) is 11.2. The lowest BCUT2D eigenvalue weighted by Crippen LogP contribution is -2.05. The molecule has 0 amide bonds. The highest BCUT2D eigenvalue weighted by Crippen LogP contribution is 2.10. The van der Waals surface area contributed by atoms with Gasteiger partial charge in [-0.15, -0.1) is 0 Å². The summed E-state index contributed by atoms with van der Waals surface area (Å²) in [6.07, 6.45) is 4.03. The van der Waals surface area contributed by atoms with Crippen LogP contribution in [0.5, 0.6) is 0 Å². The molecule has 0 aliphatic carbocycles. The molecule has 0 aliphatic rings. The van der Waals surface area contributed by atoms with Crippen molar-refractivity contribution in [1.29, 1.82) is 0 Å². The fourth-order valence-electron chi connectivity index (χ4n) is 1.90. The van der Waals surface area contributed by atoms with Gasteiger partial charge in [-0.2, -0.15) is 10.2 Å². The number of nitrogens with zero attached hydrogens (tertiary/aromatic N) is 4. The van der Waals surface area contributed by atoms with Crippen LogP contribution in [-0.4, -0.2) is 24.5 Å². The van der Waals surface area contributed by atoms with Gasteiger partial charge in [0.2, 0.25) is 0 Å². The van der Waals surface area contributed by atoms with Crippen molar-refractivity contribution in [2.45, 2.75) is 33.2 Å². The number of aryl methyl sites for hydroxylation is 3. The zero-order valence-electron chi connectivity index (χ0n) is 10.4. The number of H-pyrrole nitrogens is 1. The van der Waals surface area contributed by atoms with E-state index in [1.807, 2.05) is 29.4 Å². The Morgan fingerprint density at radius 1 is 1.47 bits per heavy atom. The van der Waals surface area contributed by atoms with Gasteiger partial charge in [0.25, 0.3) is 0 Å². The Hall–Kier alpha value is -1.43. The Morgan fingerprint density at radius 2 is 2.24 bits per heavy atom. The first-order valence-corrected chi connectivity index (χ1v) is 6.15. The molecule has 2 aromatic rings. The lowest BCUT2D eigenvalue weighted by Gasteiger charge is -2.04. The van der Waals surface area contributed by atoms with Crippen LogP contribution in [0, 0.1) is 11.7 Å². The highest BCUT2D eigenvalue weighted by atomic mass is 32.1. The summed E-state index contributed by atoms with van der Waals surface area (Å²) in [4.78, 5) is 0. The van der Waals surface area contributed by atoms with Crippen LogP contribution in [0.1, 0.15) is 30.4 Å². The molecule has 0 atom stereocenters. The Labute approximate surface area is 105 Å². The van der Waals surface area contributed by atoms with Crippen molar-refractivity contribution in [3.8, 4) is 0 Å². The average Bonchev–Trinajstić information content (AvgIpc) is 2.76. The predicted octanol–water partition coefficient (Wildman–Crippen LogP) is 1.98. The largest absolute Gasteiger partial charge is 0.300 e. The number of aromatic amines is 1. The van der Waals surface area contributed by atoms with Crippen LogP contribution >= 0.6 is 12.2 Å². The van der Waals surface area contributed by atoms with Crippen LogP contribution in [0.25, 0.3) is 0 Å². The smallest absolute Gasteiger partial charge is 0.195 e. The van der Waals surface area contributed by atoms with Crippen molar-refractivity contribution < 1.29 is 0 Å². The van der Waals surface area contributed by atoms with Crippen LogP contribution in [0.2, 0.25) is 0 Å². The third kappa shape index (κ3) is 2.46. The molecule has 1 N–H and O–H groups in total. The average molecular weight is 251 g/mol. The van der Waals surface area contributed by atoms with Crippen LogP contribution < -0.4 is 0 Å². The van der Waals surface area contributed by atoms with Gasteiger partial charge in [-0.05, 0) is 25.6 Å². The van der Waals surface area contributed by atoms with Crippen LogP contribution in [0.3, 0.4) is 0 Å². The molecule has 0 bridgehead atoms. The lowest BCUT2D eigenvalue weighted by molar-refractivity contribution is 0.696. The molecule has 2 rings (SSSR count). The van der Waals surface area contributed by atoms with Gasteiger partial charge in [0.05, 0.1) is 12.2 Å². The maximum absolute atomic E-state index is 5.25. The highest BCUT2D eigenvalue weighted by molar-refractivity contribution is 7.71. The lowest BCUT2D eigenvalue weighted by atomic mass is 10.2. The molecule has 0 spiro atoms. The molecular formula is C11H17N5S. The molecule has 0 saturated carbocycles. The van der Waals surface area contributed by atoms with E-state index in [0.29, 0.717) is 4.77 Å². The number of aromatic nitrogens is 5. The molecule has 17 heavy (non-hydrogen) atoms. The molecule has 0 radical (unpaired) electrons. The minimum absolute atomic E-state index is 0.678. The first kappa shape index (κ1) is 12.0. The number of hydrogen-bond donors (Lipinski definition) is 1. The molecule has 5 nitrogen and oxygen atoms in total. The Balaban J connectivity index is 2.32. The SMILES string of the molecule is CCCc1n[nH]c(=S)n1Cc1cn(C)nc1C. The second-order valence-corrected chi connectivity index (χ2v) is 4.58. The van der Waals surface area contributed by atoms with Crippen LogP contribution in [-0.2, 0) is 20.0 Å². The van der Waals surface area contributed by atoms with E-state index in [1.54, 1.807) is 0 Å². The summed E-state index contributed by atoms with van der Waals surface area (Å²) < 4.78 is 4.55. The molecule has 0 unspecified atom stereocenters. The molecule has 0 aliphatic heterocycles. The topological polar surface area (TPSA) is 51.4 Å². The Bertz CT molecular complexity index is 563. The molecule has 2 heterocycles. The minimum Gasteiger partial charge on any atom is -0.300 e. The van der Waals surface area contributed by atoms with E-state index in [-0.39, 0.29) is 0 Å². The minimum atomic E-state index is 0.678. The summed E-state index contributed by atoms with van der Waals surface area (Å²) >= 11 is 5.25. The van der Waals surface area contributed by atoms with E-state index in [4.69, 9.17) is 12.2 Å². The van der Waals surface area contributed by atoms with E-state index in [9.17, 15) is 0 Å². The van der Waals surface area contributed by atoms with Crippen molar-refractivity contribution in [3.05, 3.63) is 28.0 Å². The van der Waals surface area contributed by atoms with E-state index in [1.165, 1.54) is 5.56 Å². The fourth-order valence-corrected chi connectivity index (χ4v) is 2.12. The third-order valence-electron chi connectivity index (χ3n) is 2.75. The Morgan fingerprint density at radius 3 is 2.82 bits per heavy atom. The molecule has 92 valence electrons. The third-order valence-corrected chi connectivity index (χ3v) is 3.07. The van der Waals surface area contributed by atoms with Gasteiger partial charge in [0.1, 0.15) is 5.82 Å². The first-order valence-electron chi connectivity index (χ1n) is 5.75. The summed E-state index contributed by atoms with van der Waals surface area (Å²) in [6, 6.07) is 0. The quantitative estimate of drug-likeness (QED) is 0.845. The highest BCUT2D eigenvalue weighted by Gasteiger charge is 2.09. The van der Waals surface area contributed by atoms with E-state index < -0.39 is 0 Å². The first-order chi connectivity index (χ1) is 8.11. The van der Waals surface area contributed by atoms with E-state index in [0.717, 1.165) is 30.9 Å². The van der Waals surface area contributed by atoms with Gasteiger partial charge in [0.15, 0.2) is 4.77 Å². The zero-order chi connectivity index (χ0) is 12.4. The second-order valence-electron chi connectivity index (χ2n) is 4.19. The summed E-state index contributed by atoms with van der Waals surface area (Å²) in [7, 11) is 1.93. The second kappa shape index (κ2) is 4.83. The van der Waals surface area contributed by atoms with Crippen molar-refractivity contribution in [2.24, 2.45) is 7.05 Å². The summed E-state index contributed by atoms with van der Waals surface area (Å²) in [5, 5.41) is 11.4. The molecule has 0 saturated heterocycles. The van der Waals surface area contributed by atoms with Gasteiger partial charge in [-0.1, -0.05) is 6.92 Å². The van der Waals surface area contributed by atoms with Crippen molar-refractivity contribution in [1.82, 2.24) is 24.5 Å². The van der Waals surface area contributed by atoms with Crippen LogP contribution in [0.4, 0.5) is 0 Å². The molecule has 0 fully saturated rings. The molecule has 2 aromatic heterocycles. The summed E-state index contributed by atoms with van der Waals surface area (Å²) in [5.74, 6) is 1.01. The van der Waals surface area contributed by atoms with Gasteiger partial charge in [-0.3, -0.25) is 14.3 Å². The van der Waals surface area contributed by atoms with Crippen molar-refractivity contribution in [2.75, 3.05) is 0 Å². The van der Waals surface area contributed by atoms with Gasteiger partial charge in [-0.25, -0.2) is 0 Å². The number of rotatable bonds is 4. The predicted molar refractivity (Wildman–Crippen MR) is 68.5 cm³/mol. The fraction of sp³-hybridized carbons (Fsp3) is 0.545.